The summed E-state index contributed by atoms with van der Waals surface area (Å²) >= 11 is 0. The maximum Gasteiger partial charge on any atom is 0.229 e. The average Bonchev–Trinajstić information content (AvgIpc) is 3.13. The minimum Gasteiger partial charge on any atom is -0.323 e. The Balaban J connectivity index is 1.73. The first-order valence-corrected chi connectivity index (χ1v) is 7.76. The monoisotopic (exact) mass is 312 g/mol. The number of rotatable bonds is 4. The highest BCUT2D eigenvalue weighted by atomic mass is 16.2. The molecule has 0 saturated carbocycles. The zero-order valence-electron chi connectivity index (χ0n) is 13.3. The van der Waals surface area contributed by atoms with Crippen molar-refractivity contribution in [3.05, 3.63) is 42.2 Å². The Kier molecular flexibility index (Phi) is 4.14. The van der Waals surface area contributed by atoms with E-state index in [-0.39, 0.29) is 24.2 Å². The van der Waals surface area contributed by atoms with Crippen LogP contribution in [0.4, 0.5) is 11.4 Å². The molecular formula is C17H20N4O2. The smallest absolute Gasteiger partial charge is 0.229 e. The summed E-state index contributed by atoms with van der Waals surface area (Å²) in [6.45, 7) is 2.48. The Bertz CT molecular complexity index is 738. The summed E-state index contributed by atoms with van der Waals surface area (Å²) in [5, 5.41) is 6.85. The summed E-state index contributed by atoms with van der Waals surface area (Å²) in [6, 6.07) is 7.85. The Morgan fingerprint density at radius 3 is 2.87 bits per heavy atom. The molecule has 23 heavy (non-hydrogen) atoms. The lowest BCUT2D eigenvalue weighted by Crippen LogP contribution is -2.28. The molecule has 120 valence electrons. The number of hydrogen-bond donors (Lipinski definition) is 1. The van der Waals surface area contributed by atoms with E-state index < -0.39 is 0 Å². The number of aryl methyl sites for hydroxylation is 2. The molecule has 1 aliphatic rings. The number of carbonyl (C=O) groups is 2. The van der Waals surface area contributed by atoms with Gasteiger partial charge in [-0.1, -0.05) is 25.1 Å². The topological polar surface area (TPSA) is 67.2 Å². The van der Waals surface area contributed by atoms with Crippen molar-refractivity contribution in [2.75, 3.05) is 16.8 Å². The van der Waals surface area contributed by atoms with Crippen molar-refractivity contribution in [2.45, 2.75) is 19.8 Å². The van der Waals surface area contributed by atoms with E-state index in [2.05, 4.69) is 17.3 Å². The van der Waals surface area contributed by atoms with E-state index in [0.29, 0.717) is 12.2 Å². The highest BCUT2D eigenvalue weighted by Gasteiger charge is 2.35. The van der Waals surface area contributed by atoms with E-state index in [4.69, 9.17) is 0 Å². The standard InChI is InChI=1S/C17H20N4O2/c1-3-12-6-4-5-7-15(12)21-10-13(8-16(21)22)17(23)19-14-9-18-20(2)11-14/h4-7,9,11,13H,3,8,10H2,1-2H3,(H,19,23)/t13-/m1/s1. The van der Waals surface area contributed by atoms with E-state index in [9.17, 15) is 9.59 Å². The molecule has 2 heterocycles. The molecule has 1 aliphatic heterocycles. The van der Waals surface area contributed by atoms with Crippen molar-refractivity contribution >= 4 is 23.2 Å². The van der Waals surface area contributed by atoms with Gasteiger partial charge in [0.25, 0.3) is 0 Å². The number of para-hydroxylation sites is 1. The van der Waals surface area contributed by atoms with Gasteiger partial charge in [0.1, 0.15) is 0 Å². The molecule has 0 aliphatic carbocycles. The lowest BCUT2D eigenvalue weighted by Gasteiger charge is -2.19. The van der Waals surface area contributed by atoms with Gasteiger partial charge >= 0.3 is 0 Å². The van der Waals surface area contributed by atoms with Gasteiger partial charge < -0.3 is 10.2 Å². The summed E-state index contributed by atoms with van der Waals surface area (Å²) < 4.78 is 1.62. The van der Waals surface area contributed by atoms with Gasteiger partial charge in [-0.2, -0.15) is 5.10 Å². The van der Waals surface area contributed by atoms with Crippen molar-refractivity contribution < 1.29 is 9.59 Å². The first kappa shape index (κ1) is 15.3. The van der Waals surface area contributed by atoms with E-state index in [0.717, 1.165) is 17.7 Å². The molecule has 0 spiro atoms. The minimum atomic E-state index is -0.340. The predicted molar refractivity (Wildman–Crippen MR) is 88.1 cm³/mol. The van der Waals surface area contributed by atoms with Gasteiger partial charge in [0, 0.05) is 31.9 Å². The number of anilines is 2. The molecule has 6 nitrogen and oxygen atoms in total. The maximum absolute atomic E-state index is 12.4. The third-order valence-electron chi connectivity index (χ3n) is 4.13. The Hall–Kier alpha value is -2.63. The number of hydrogen-bond acceptors (Lipinski definition) is 3. The third kappa shape index (κ3) is 3.11. The van der Waals surface area contributed by atoms with Crippen LogP contribution in [0, 0.1) is 5.92 Å². The highest BCUT2D eigenvalue weighted by molar-refractivity contribution is 6.03. The van der Waals surface area contributed by atoms with E-state index >= 15 is 0 Å². The zero-order valence-corrected chi connectivity index (χ0v) is 13.3. The van der Waals surface area contributed by atoms with Crippen LogP contribution in [0.5, 0.6) is 0 Å². The number of aromatic nitrogens is 2. The molecule has 2 amide bonds. The lowest BCUT2D eigenvalue weighted by atomic mass is 10.1. The van der Waals surface area contributed by atoms with Crippen LogP contribution in [0.15, 0.2) is 36.7 Å². The molecule has 1 atom stereocenters. The highest BCUT2D eigenvalue weighted by Crippen LogP contribution is 2.29. The molecule has 0 bridgehead atoms. The van der Waals surface area contributed by atoms with Crippen molar-refractivity contribution in [1.82, 2.24) is 9.78 Å². The second kappa shape index (κ2) is 6.24. The molecular weight excluding hydrogens is 292 g/mol. The van der Waals surface area contributed by atoms with Gasteiger partial charge in [0.15, 0.2) is 0 Å². The number of amides is 2. The van der Waals surface area contributed by atoms with Crippen LogP contribution in [0.3, 0.4) is 0 Å². The minimum absolute atomic E-state index is 0.00256. The van der Waals surface area contributed by atoms with Crippen molar-refractivity contribution in [3.8, 4) is 0 Å². The molecule has 3 rings (SSSR count). The third-order valence-corrected chi connectivity index (χ3v) is 4.13. The van der Waals surface area contributed by atoms with Crippen LogP contribution >= 0.6 is 0 Å². The molecule has 1 aromatic carbocycles. The van der Waals surface area contributed by atoms with Crippen LogP contribution < -0.4 is 10.2 Å². The van der Waals surface area contributed by atoms with Gasteiger partial charge in [-0.3, -0.25) is 14.3 Å². The first-order valence-electron chi connectivity index (χ1n) is 7.76. The predicted octanol–water partition coefficient (Wildman–Crippen LogP) is 1.97. The summed E-state index contributed by atoms with van der Waals surface area (Å²) in [6.07, 6.45) is 4.42. The van der Waals surface area contributed by atoms with Crippen molar-refractivity contribution in [3.63, 3.8) is 0 Å². The summed E-state index contributed by atoms with van der Waals surface area (Å²) in [5.41, 5.74) is 2.68. The van der Waals surface area contributed by atoms with Crippen LogP contribution in [0.25, 0.3) is 0 Å². The molecule has 1 saturated heterocycles. The Morgan fingerprint density at radius 1 is 1.39 bits per heavy atom. The van der Waals surface area contributed by atoms with E-state index in [1.54, 1.807) is 29.0 Å². The first-order chi connectivity index (χ1) is 11.1. The van der Waals surface area contributed by atoms with Crippen molar-refractivity contribution in [1.29, 1.82) is 0 Å². The van der Waals surface area contributed by atoms with Crippen molar-refractivity contribution in [2.24, 2.45) is 13.0 Å². The van der Waals surface area contributed by atoms with E-state index in [1.807, 2.05) is 24.3 Å². The number of carbonyl (C=O) groups excluding carboxylic acids is 2. The Morgan fingerprint density at radius 2 is 2.17 bits per heavy atom. The lowest BCUT2D eigenvalue weighted by molar-refractivity contribution is -0.122. The second-order valence-corrected chi connectivity index (χ2v) is 5.78. The Labute approximate surface area is 135 Å². The van der Waals surface area contributed by atoms with Gasteiger partial charge in [0.2, 0.25) is 11.8 Å². The fourth-order valence-electron chi connectivity index (χ4n) is 2.92. The molecule has 1 N–H and O–H groups in total. The van der Waals surface area contributed by atoms with Gasteiger partial charge in [0.05, 0.1) is 17.8 Å². The second-order valence-electron chi connectivity index (χ2n) is 5.78. The van der Waals surface area contributed by atoms with Crippen LogP contribution in [0.1, 0.15) is 18.9 Å². The maximum atomic E-state index is 12.4. The zero-order chi connectivity index (χ0) is 16.4. The van der Waals surface area contributed by atoms with Crippen LogP contribution in [0.2, 0.25) is 0 Å². The molecule has 0 unspecified atom stereocenters. The largest absolute Gasteiger partial charge is 0.323 e. The molecule has 1 fully saturated rings. The quantitative estimate of drug-likeness (QED) is 0.938. The summed E-state index contributed by atoms with van der Waals surface area (Å²) in [7, 11) is 1.79. The van der Waals surface area contributed by atoms with Crippen LogP contribution in [-0.4, -0.2) is 28.1 Å². The number of nitrogens with zero attached hydrogens (tertiary/aromatic N) is 3. The number of benzene rings is 1. The normalized spacial score (nSPS) is 17.6. The van der Waals surface area contributed by atoms with E-state index in [1.165, 1.54) is 0 Å². The molecule has 6 heteroatoms. The summed E-state index contributed by atoms with van der Waals surface area (Å²) in [4.78, 5) is 26.4. The average molecular weight is 312 g/mol. The fraction of sp³-hybridized carbons (Fsp3) is 0.353. The van der Waals surface area contributed by atoms with Crippen LogP contribution in [-0.2, 0) is 23.1 Å². The molecule has 0 radical (unpaired) electrons. The molecule has 1 aromatic heterocycles. The van der Waals surface area contributed by atoms with Gasteiger partial charge in [-0.25, -0.2) is 0 Å². The fourth-order valence-corrected chi connectivity index (χ4v) is 2.92. The van der Waals surface area contributed by atoms with Gasteiger partial charge in [-0.05, 0) is 18.1 Å². The number of nitrogens with one attached hydrogen (secondary N) is 1. The summed E-state index contributed by atoms with van der Waals surface area (Å²) in [5.74, 6) is -0.479. The SMILES string of the molecule is CCc1ccccc1N1C[C@H](C(=O)Nc2cnn(C)c2)CC1=O. The van der Waals surface area contributed by atoms with Gasteiger partial charge in [-0.15, -0.1) is 0 Å². The molecule has 2 aromatic rings.